The van der Waals surface area contributed by atoms with Crippen molar-refractivity contribution in [2.75, 3.05) is 20.1 Å². The first-order valence-corrected chi connectivity index (χ1v) is 3.53. The van der Waals surface area contributed by atoms with E-state index in [1.165, 1.54) is 12.1 Å². The molecule has 6 nitrogen and oxygen atoms in total. The maximum absolute atomic E-state index is 10.8. The van der Waals surface area contributed by atoms with E-state index in [1.54, 1.807) is 6.92 Å². The highest BCUT2D eigenvalue weighted by molar-refractivity contribution is 5.74. The molecule has 6 heteroatoms. The molecule has 0 saturated carbocycles. The predicted molar refractivity (Wildman–Crippen MR) is 42.5 cm³/mol. The molecule has 3 N–H and O–H groups in total. The van der Waals surface area contributed by atoms with Crippen LogP contribution in [0.5, 0.6) is 0 Å². The smallest absolute Gasteiger partial charge is 0.329 e. The molecule has 0 aliphatic rings. The Hall–Kier alpha value is -1.30. The van der Waals surface area contributed by atoms with Gasteiger partial charge in [-0.15, -0.1) is 0 Å². The summed E-state index contributed by atoms with van der Waals surface area (Å²) in [5.41, 5.74) is 2.31. The fourth-order valence-electron chi connectivity index (χ4n) is 0.616. The summed E-state index contributed by atoms with van der Waals surface area (Å²) < 4.78 is 0. The minimum absolute atomic E-state index is 0.225. The molecule has 0 atom stereocenters. The second kappa shape index (κ2) is 5.36. The van der Waals surface area contributed by atoms with Crippen LogP contribution >= 0.6 is 0 Å². The number of nitrogens with zero attached hydrogens (tertiary/aromatic N) is 1. The van der Waals surface area contributed by atoms with E-state index in [0.29, 0.717) is 6.54 Å². The van der Waals surface area contributed by atoms with Crippen molar-refractivity contribution in [2.45, 2.75) is 6.92 Å². The monoisotopic (exact) mass is 175 g/mol. The van der Waals surface area contributed by atoms with Crippen LogP contribution < -0.4 is 10.7 Å². The van der Waals surface area contributed by atoms with Crippen LogP contribution in [0.3, 0.4) is 0 Å². The minimum atomic E-state index is -0.991. The van der Waals surface area contributed by atoms with Gasteiger partial charge in [0.15, 0.2) is 0 Å². The summed E-state index contributed by atoms with van der Waals surface area (Å²) in [5, 5.41) is 12.0. The number of carbonyl (C=O) groups is 2. The number of hydrazine groups is 1. The van der Waals surface area contributed by atoms with Gasteiger partial charge in [-0.05, 0) is 6.92 Å². The van der Waals surface area contributed by atoms with Gasteiger partial charge in [-0.1, -0.05) is 0 Å². The van der Waals surface area contributed by atoms with E-state index in [-0.39, 0.29) is 6.54 Å². The number of rotatable bonds is 4. The fraction of sp³-hybridized carbons (Fsp3) is 0.667. The van der Waals surface area contributed by atoms with E-state index in [1.807, 2.05) is 0 Å². The van der Waals surface area contributed by atoms with Gasteiger partial charge in [0.05, 0.1) is 0 Å². The predicted octanol–water partition coefficient (Wildman–Crippen LogP) is -0.763. The summed E-state index contributed by atoms with van der Waals surface area (Å²) in [4.78, 5) is 20.9. The van der Waals surface area contributed by atoms with Gasteiger partial charge in [-0.25, -0.2) is 9.80 Å². The standard InChI is InChI=1S/C6H13N3O3/c1-3-7-6(12)8-9(2)4-5(10)11/h3-4H2,1-2H3,(H,10,11)(H2,7,8,12). The number of aliphatic carboxylic acids is 1. The van der Waals surface area contributed by atoms with E-state index in [0.717, 1.165) is 0 Å². The summed E-state index contributed by atoms with van der Waals surface area (Å²) in [6, 6.07) is -0.402. The number of hydrogen-bond donors (Lipinski definition) is 3. The first kappa shape index (κ1) is 10.7. The lowest BCUT2D eigenvalue weighted by Crippen LogP contribution is -2.47. The third-order valence-corrected chi connectivity index (χ3v) is 1.00. The number of nitrogens with one attached hydrogen (secondary N) is 2. The van der Waals surface area contributed by atoms with Crippen molar-refractivity contribution < 1.29 is 14.7 Å². The summed E-state index contributed by atoms with van der Waals surface area (Å²) in [6.07, 6.45) is 0. The lowest BCUT2D eigenvalue weighted by molar-refractivity contribution is -0.138. The van der Waals surface area contributed by atoms with Gasteiger partial charge in [-0.3, -0.25) is 10.2 Å². The van der Waals surface area contributed by atoms with Crippen LogP contribution in [-0.4, -0.2) is 42.3 Å². The molecule has 70 valence electrons. The average Bonchev–Trinajstić information content (AvgIpc) is 1.84. The molecule has 2 amide bonds. The van der Waals surface area contributed by atoms with Crippen LogP contribution in [0.25, 0.3) is 0 Å². The molecule has 0 rings (SSSR count). The van der Waals surface area contributed by atoms with Crippen molar-refractivity contribution >= 4 is 12.0 Å². The normalized spacial score (nSPS) is 9.58. The summed E-state index contributed by atoms with van der Waals surface area (Å²) in [5.74, 6) is -0.991. The van der Waals surface area contributed by atoms with Gasteiger partial charge >= 0.3 is 12.0 Å². The Bertz CT molecular complexity index is 171. The van der Waals surface area contributed by atoms with Crippen LogP contribution in [0.1, 0.15) is 6.92 Å². The Balaban J connectivity index is 3.61. The number of likely N-dealkylation sites (N-methyl/N-ethyl adjacent to an activating group) is 1. The SMILES string of the molecule is CCNC(=O)NN(C)CC(=O)O. The number of carboxylic acids is 1. The molecule has 0 aromatic heterocycles. The summed E-state index contributed by atoms with van der Waals surface area (Å²) in [6.45, 7) is 2.06. The summed E-state index contributed by atoms with van der Waals surface area (Å²) in [7, 11) is 1.48. The number of hydrogen-bond acceptors (Lipinski definition) is 3. The van der Waals surface area contributed by atoms with Crippen molar-refractivity contribution in [3.63, 3.8) is 0 Å². The van der Waals surface area contributed by atoms with Crippen molar-refractivity contribution in [3.05, 3.63) is 0 Å². The molecule has 0 heterocycles. The first-order chi connectivity index (χ1) is 5.56. The van der Waals surface area contributed by atoms with E-state index >= 15 is 0 Å². The van der Waals surface area contributed by atoms with E-state index in [4.69, 9.17) is 5.11 Å². The Kier molecular flexibility index (Phi) is 4.78. The number of urea groups is 1. The topological polar surface area (TPSA) is 81.7 Å². The highest BCUT2D eigenvalue weighted by Crippen LogP contribution is 1.75. The quantitative estimate of drug-likeness (QED) is 0.490. The van der Waals surface area contributed by atoms with Crippen LogP contribution in [0, 0.1) is 0 Å². The lowest BCUT2D eigenvalue weighted by atomic mass is 10.6. The molecular weight excluding hydrogens is 162 g/mol. The Morgan fingerprint density at radius 3 is 2.50 bits per heavy atom. The van der Waals surface area contributed by atoms with Crippen LogP contribution in [0.2, 0.25) is 0 Å². The van der Waals surface area contributed by atoms with Crippen LogP contribution in [0.15, 0.2) is 0 Å². The Morgan fingerprint density at radius 1 is 1.50 bits per heavy atom. The highest BCUT2D eigenvalue weighted by atomic mass is 16.4. The average molecular weight is 175 g/mol. The van der Waals surface area contributed by atoms with Crippen molar-refractivity contribution in [1.82, 2.24) is 15.8 Å². The zero-order chi connectivity index (χ0) is 9.56. The highest BCUT2D eigenvalue weighted by Gasteiger charge is 2.05. The lowest BCUT2D eigenvalue weighted by Gasteiger charge is -2.15. The van der Waals surface area contributed by atoms with E-state index < -0.39 is 12.0 Å². The van der Waals surface area contributed by atoms with Gasteiger partial charge in [0.25, 0.3) is 0 Å². The number of carbonyl (C=O) groups excluding carboxylic acids is 1. The maximum atomic E-state index is 10.8. The molecule has 0 aromatic carbocycles. The molecule has 0 bridgehead atoms. The van der Waals surface area contributed by atoms with Crippen molar-refractivity contribution in [2.24, 2.45) is 0 Å². The van der Waals surface area contributed by atoms with E-state index in [9.17, 15) is 9.59 Å². The second-order valence-corrected chi connectivity index (χ2v) is 2.22. The minimum Gasteiger partial charge on any atom is -0.480 e. The zero-order valence-corrected chi connectivity index (χ0v) is 7.13. The summed E-state index contributed by atoms with van der Waals surface area (Å²) >= 11 is 0. The maximum Gasteiger partial charge on any atom is 0.329 e. The molecule has 0 saturated heterocycles. The number of amides is 2. The van der Waals surface area contributed by atoms with Crippen molar-refractivity contribution in [3.8, 4) is 0 Å². The van der Waals surface area contributed by atoms with Gasteiger partial charge in [0.1, 0.15) is 6.54 Å². The second-order valence-electron chi connectivity index (χ2n) is 2.22. The van der Waals surface area contributed by atoms with Gasteiger partial charge < -0.3 is 10.4 Å². The Labute approximate surface area is 70.5 Å². The largest absolute Gasteiger partial charge is 0.480 e. The third kappa shape index (κ3) is 5.48. The number of carboxylic acid groups (broad SMARTS) is 1. The fourth-order valence-corrected chi connectivity index (χ4v) is 0.616. The molecule has 0 fully saturated rings. The van der Waals surface area contributed by atoms with Crippen LogP contribution in [-0.2, 0) is 4.79 Å². The first-order valence-electron chi connectivity index (χ1n) is 3.53. The molecule has 0 aromatic rings. The zero-order valence-electron chi connectivity index (χ0n) is 7.13. The van der Waals surface area contributed by atoms with Gasteiger partial charge in [-0.2, -0.15) is 0 Å². The molecule has 0 aliphatic carbocycles. The molecule has 0 radical (unpaired) electrons. The van der Waals surface area contributed by atoms with E-state index in [2.05, 4.69) is 10.7 Å². The third-order valence-electron chi connectivity index (χ3n) is 1.00. The Morgan fingerprint density at radius 2 is 2.08 bits per heavy atom. The molecule has 12 heavy (non-hydrogen) atoms. The molecule has 0 spiro atoms. The van der Waals surface area contributed by atoms with Gasteiger partial charge in [0.2, 0.25) is 0 Å². The molecule has 0 unspecified atom stereocenters. The molecule has 0 aliphatic heterocycles. The van der Waals surface area contributed by atoms with Gasteiger partial charge in [0, 0.05) is 13.6 Å². The van der Waals surface area contributed by atoms with Crippen LogP contribution in [0.4, 0.5) is 4.79 Å². The molecular formula is C6H13N3O3. The van der Waals surface area contributed by atoms with Crippen molar-refractivity contribution in [1.29, 1.82) is 0 Å².